The van der Waals surface area contributed by atoms with E-state index < -0.39 is 0 Å². The highest BCUT2D eigenvalue weighted by molar-refractivity contribution is 4.98. The molecule has 0 amide bonds. The van der Waals surface area contributed by atoms with E-state index in [1.807, 2.05) is 0 Å². The van der Waals surface area contributed by atoms with Gasteiger partial charge >= 0.3 is 0 Å². The van der Waals surface area contributed by atoms with Crippen LogP contribution in [0.1, 0.15) is 65.7 Å². The third kappa shape index (κ3) is 3.61. The van der Waals surface area contributed by atoms with Gasteiger partial charge in [0.05, 0.1) is 0 Å². The van der Waals surface area contributed by atoms with E-state index in [-0.39, 0.29) is 0 Å². The van der Waals surface area contributed by atoms with Crippen LogP contribution in [0.15, 0.2) is 0 Å². The molecule has 0 aromatic carbocycles. The van der Waals surface area contributed by atoms with Gasteiger partial charge in [-0.15, -0.1) is 0 Å². The van der Waals surface area contributed by atoms with E-state index in [0.29, 0.717) is 5.41 Å². The molecule has 1 saturated carbocycles. The maximum absolute atomic E-state index is 3.73. The third-order valence-corrected chi connectivity index (χ3v) is 3.62. The molecule has 84 valence electrons. The van der Waals surface area contributed by atoms with E-state index in [4.69, 9.17) is 0 Å². The van der Waals surface area contributed by atoms with Crippen LogP contribution in [0.3, 0.4) is 0 Å². The van der Waals surface area contributed by atoms with Gasteiger partial charge in [-0.2, -0.15) is 0 Å². The van der Waals surface area contributed by atoms with Gasteiger partial charge in [0, 0.05) is 6.04 Å². The van der Waals surface area contributed by atoms with Crippen molar-refractivity contribution in [3.8, 4) is 0 Å². The lowest BCUT2D eigenvalue weighted by atomic mass is 9.93. The van der Waals surface area contributed by atoms with Crippen LogP contribution in [0.4, 0.5) is 0 Å². The van der Waals surface area contributed by atoms with Crippen LogP contribution in [0, 0.1) is 5.41 Å². The number of rotatable bonds is 8. The molecule has 1 N–H and O–H groups in total. The molecule has 1 rings (SSSR count). The summed E-state index contributed by atoms with van der Waals surface area (Å²) in [6, 6.07) is 0.800. The number of unbranched alkanes of at least 4 members (excludes halogenated alkanes) is 2. The van der Waals surface area contributed by atoms with Gasteiger partial charge in [-0.3, -0.25) is 0 Å². The Bertz CT molecular complexity index is 149. The van der Waals surface area contributed by atoms with Crippen molar-refractivity contribution in [2.24, 2.45) is 5.41 Å². The van der Waals surface area contributed by atoms with E-state index in [9.17, 15) is 0 Å². The van der Waals surface area contributed by atoms with E-state index in [1.54, 1.807) is 0 Å². The average molecular weight is 197 g/mol. The van der Waals surface area contributed by atoms with Crippen molar-refractivity contribution in [3.63, 3.8) is 0 Å². The molecule has 0 saturated heterocycles. The Balaban J connectivity index is 2.22. The molecule has 1 aliphatic rings. The summed E-state index contributed by atoms with van der Waals surface area (Å²) in [6.07, 6.45) is 9.71. The summed E-state index contributed by atoms with van der Waals surface area (Å²) in [5.74, 6) is 0. The summed E-state index contributed by atoms with van der Waals surface area (Å²) >= 11 is 0. The van der Waals surface area contributed by atoms with Gasteiger partial charge in [0.15, 0.2) is 0 Å². The largest absolute Gasteiger partial charge is 0.313 e. The molecule has 1 nitrogen and oxygen atoms in total. The highest BCUT2D eigenvalue weighted by Crippen LogP contribution is 2.49. The molecule has 0 aromatic rings. The molecule has 0 bridgehead atoms. The molecule has 1 unspecified atom stereocenters. The highest BCUT2D eigenvalue weighted by Gasteiger charge is 2.43. The fraction of sp³-hybridized carbons (Fsp3) is 1.00. The van der Waals surface area contributed by atoms with Crippen LogP contribution in [-0.4, -0.2) is 12.6 Å². The molecule has 0 heterocycles. The van der Waals surface area contributed by atoms with Crippen molar-refractivity contribution in [2.75, 3.05) is 6.54 Å². The SMILES string of the molecule is CCCCCC(NCCC)C1(C)CC1. The normalized spacial score (nSPS) is 20.8. The first kappa shape index (κ1) is 12.0. The minimum atomic E-state index is 0.656. The summed E-state index contributed by atoms with van der Waals surface area (Å²) in [5, 5.41) is 3.73. The lowest BCUT2D eigenvalue weighted by Gasteiger charge is -2.24. The van der Waals surface area contributed by atoms with Gasteiger partial charge in [-0.05, 0) is 37.6 Å². The van der Waals surface area contributed by atoms with Gasteiger partial charge in [-0.25, -0.2) is 0 Å². The summed E-state index contributed by atoms with van der Waals surface area (Å²) in [6.45, 7) is 8.19. The fourth-order valence-corrected chi connectivity index (χ4v) is 2.16. The molecular formula is C13H27N. The van der Waals surface area contributed by atoms with Crippen LogP contribution in [0.5, 0.6) is 0 Å². The standard InChI is InChI=1S/C13H27N/c1-4-6-7-8-12(14-11-5-2)13(3)9-10-13/h12,14H,4-11H2,1-3H3. The summed E-state index contributed by atoms with van der Waals surface area (Å²) < 4.78 is 0. The fourth-order valence-electron chi connectivity index (χ4n) is 2.16. The van der Waals surface area contributed by atoms with Crippen molar-refractivity contribution < 1.29 is 0 Å². The summed E-state index contributed by atoms with van der Waals surface area (Å²) in [7, 11) is 0. The zero-order chi connectivity index (χ0) is 10.4. The Morgan fingerprint density at radius 2 is 1.86 bits per heavy atom. The molecule has 1 atom stereocenters. The van der Waals surface area contributed by atoms with Crippen molar-refractivity contribution in [1.82, 2.24) is 5.32 Å². The van der Waals surface area contributed by atoms with Crippen LogP contribution in [0.25, 0.3) is 0 Å². The van der Waals surface area contributed by atoms with Gasteiger partial charge in [0.1, 0.15) is 0 Å². The molecule has 1 fully saturated rings. The zero-order valence-corrected chi connectivity index (χ0v) is 10.2. The van der Waals surface area contributed by atoms with Crippen molar-refractivity contribution in [3.05, 3.63) is 0 Å². The number of hydrogen-bond donors (Lipinski definition) is 1. The average Bonchev–Trinajstić information content (AvgIpc) is 2.91. The predicted molar refractivity (Wildman–Crippen MR) is 63.6 cm³/mol. The van der Waals surface area contributed by atoms with E-state index >= 15 is 0 Å². The molecule has 0 aliphatic heterocycles. The lowest BCUT2D eigenvalue weighted by Crippen LogP contribution is -2.36. The molecule has 0 radical (unpaired) electrons. The highest BCUT2D eigenvalue weighted by atomic mass is 14.9. The van der Waals surface area contributed by atoms with Crippen molar-refractivity contribution in [1.29, 1.82) is 0 Å². The first-order valence-electron chi connectivity index (χ1n) is 6.46. The Kier molecular flexibility index (Phi) is 4.94. The second-order valence-electron chi connectivity index (χ2n) is 5.16. The minimum absolute atomic E-state index is 0.656. The Morgan fingerprint density at radius 1 is 1.14 bits per heavy atom. The molecule has 1 aliphatic carbocycles. The van der Waals surface area contributed by atoms with E-state index in [2.05, 4.69) is 26.1 Å². The number of nitrogens with one attached hydrogen (secondary N) is 1. The van der Waals surface area contributed by atoms with Gasteiger partial charge < -0.3 is 5.32 Å². The van der Waals surface area contributed by atoms with Gasteiger partial charge in [-0.1, -0.05) is 40.0 Å². The quantitative estimate of drug-likeness (QED) is 0.585. The molecular weight excluding hydrogens is 170 g/mol. The van der Waals surface area contributed by atoms with Crippen LogP contribution in [0.2, 0.25) is 0 Å². The third-order valence-electron chi connectivity index (χ3n) is 3.62. The number of hydrogen-bond acceptors (Lipinski definition) is 1. The monoisotopic (exact) mass is 197 g/mol. The smallest absolute Gasteiger partial charge is 0.0121 e. The van der Waals surface area contributed by atoms with Crippen molar-refractivity contribution in [2.45, 2.75) is 71.8 Å². The molecule has 1 heteroatoms. The summed E-state index contributed by atoms with van der Waals surface area (Å²) in [4.78, 5) is 0. The maximum atomic E-state index is 3.73. The van der Waals surface area contributed by atoms with Crippen LogP contribution < -0.4 is 5.32 Å². The molecule has 14 heavy (non-hydrogen) atoms. The first-order valence-corrected chi connectivity index (χ1v) is 6.46. The molecule has 0 spiro atoms. The lowest BCUT2D eigenvalue weighted by molar-refractivity contribution is 0.328. The zero-order valence-electron chi connectivity index (χ0n) is 10.2. The second-order valence-corrected chi connectivity index (χ2v) is 5.16. The van der Waals surface area contributed by atoms with Crippen LogP contribution in [-0.2, 0) is 0 Å². The van der Waals surface area contributed by atoms with E-state index in [1.165, 1.54) is 51.5 Å². The van der Waals surface area contributed by atoms with E-state index in [0.717, 1.165) is 6.04 Å². The van der Waals surface area contributed by atoms with Gasteiger partial charge in [0.25, 0.3) is 0 Å². The summed E-state index contributed by atoms with van der Waals surface area (Å²) in [5.41, 5.74) is 0.656. The maximum Gasteiger partial charge on any atom is 0.0121 e. The second kappa shape index (κ2) is 5.75. The minimum Gasteiger partial charge on any atom is -0.313 e. The van der Waals surface area contributed by atoms with Crippen molar-refractivity contribution >= 4 is 0 Å². The Hall–Kier alpha value is -0.0400. The first-order chi connectivity index (χ1) is 6.73. The Labute approximate surface area is 89.7 Å². The topological polar surface area (TPSA) is 12.0 Å². The Morgan fingerprint density at radius 3 is 2.36 bits per heavy atom. The molecule has 0 aromatic heterocycles. The van der Waals surface area contributed by atoms with Crippen LogP contribution >= 0.6 is 0 Å². The predicted octanol–water partition coefficient (Wildman–Crippen LogP) is 3.74. The van der Waals surface area contributed by atoms with Gasteiger partial charge in [0.2, 0.25) is 0 Å².